The van der Waals surface area contributed by atoms with Gasteiger partial charge in [0, 0.05) is 29.3 Å². The third-order valence-corrected chi connectivity index (χ3v) is 5.91. The lowest BCUT2D eigenvalue weighted by molar-refractivity contribution is 1.01. The van der Waals surface area contributed by atoms with E-state index in [1.54, 1.807) is 17.5 Å². The molecule has 0 aliphatic heterocycles. The number of anilines is 1. The van der Waals surface area contributed by atoms with Crippen LogP contribution in [-0.2, 0) is 0 Å². The van der Waals surface area contributed by atoms with Crippen molar-refractivity contribution in [3.63, 3.8) is 0 Å². The van der Waals surface area contributed by atoms with Crippen LogP contribution in [0.3, 0.4) is 0 Å². The van der Waals surface area contributed by atoms with Crippen LogP contribution in [-0.4, -0.2) is 19.9 Å². The van der Waals surface area contributed by atoms with Crippen molar-refractivity contribution in [2.45, 2.75) is 25.7 Å². The number of hydrogen-bond donors (Lipinski definition) is 1. The van der Waals surface area contributed by atoms with Gasteiger partial charge in [-0.3, -0.25) is 4.98 Å². The number of aromatic nitrogens is 4. The first kappa shape index (κ1) is 16.6. The lowest BCUT2D eigenvalue weighted by atomic mass is 10.0. The summed E-state index contributed by atoms with van der Waals surface area (Å²) < 4.78 is 0. The average Bonchev–Trinajstić information content (AvgIpc) is 3.42. The Morgan fingerprint density at radius 2 is 2.00 bits per heavy atom. The summed E-state index contributed by atoms with van der Waals surface area (Å²) in [5.41, 5.74) is 10.4. The van der Waals surface area contributed by atoms with Crippen LogP contribution in [0, 0.1) is 6.92 Å². The predicted octanol–water partition coefficient (Wildman–Crippen LogP) is 5.24. The van der Waals surface area contributed by atoms with E-state index in [1.165, 1.54) is 0 Å². The molecule has 4 aromatic rings. The highest BCUT2D eigenvalue weighted by Gasteiger charge is 2.30. The Hall–Kier alpha value is -2.57. The zero-order valence-electron chi connectivity index (χ0n) is 14.6. The molecule has 134 valence electrons. The number of nitrogen functional groups attached to an aromatic ring is 1. The molecule has 0 atom stereocenters. The summed E-state index contributed by atoms with van der Waals surface area (Å²) in [7, 11) is 0. The second kappa shape index (κ2) is 6.25. The van der Waals surface area contributed by atoms with E-state index >= 15 is 0 Å². The standard InChI is InChI=1S/C20H16ClN5S/c1-10-24-9-15(27-10)19-17(25-18(11-4-5-11)20(22)26-19)13-7-12-3-2-6-23-16(12)14(21)8-13/h2-3,6-9,11H,4-5H2,1H3,(H2,22,26). The molecule has 0 bridgehead atoms. The molecule has 1 aliphatic rings. The number of thiazole rings is 1. The molecule has 27 heavy (non-hydrogen) atoms. The van der Waals surface area contributed by atoms with Crippen molar-refractivity contribution in [1.29, 1.82) is 0 Å². The molecular formula is C20H16ClN5S. The summed E-state index contributed by atoms with van der Waals surface area (Å²) in [6, 6.07) is 7.87. The molecule has 1 aliphatic carbocycles. The summed E-state index contributed by atoms with van der Waals surface area (Å²) in [6.45, 7) is 1.97. The van der Waals surface area contributed by atoms with E-state index in [2.05, 4.69) is 16.0 Å². The van der Waals surface area contributed by atoms with Crippen LogP contribution in [0.5, 0.6) is 0 Å². The summed E-state index contributed by atoms with van der Waals surface area (Å²) in [5, 5.41) is 2.54. The molecule has 3 heterocycles. The minimum Gasteiger partial charge on any atom is -0.382 e. The first-order valence-electron chi connectivity index (χ1n) is 8.75. The fourth-order valence-electron chi connectivity index (χ4n) is 3.25. The van der Waals surface area contributed by atoms with E-state index in [0.717, 1.165) is 56.3 Å². The number of fused-ring (bicyclic) bond motifs is 1. The fraction of sp³-hybridized carbons (Fsp3) is 0.200. The van der Waals surface area contributed by atoms with E-state index in [-0.39, 0.29) is 0 Å². The van der Waals surface area contributed by atoms with Gasteiger partial charge in [0.25, 0.3) is 0 Å². The molecule has 0 saturated heterocycles. The quantitative estimate of drug-likeness (QED) is 0.515. The van der Waals surface area contributed by atoms with Gasteiger partial charge in [0.15, 0.2) is 0 Å². The number of nitrogens with two attached hydrogens (primary N) is 1. The third kappa shape index (κ3) is 2.95. The van der Waals surface area contributed by atoms with Gasteiger partial charge >= 0.3 is 0 Å². The van der Waals surface area contributed by atoms with Gasteiger partial charge in [-0.1, -0.05) is 17.7 Å². The molecule has 0 spiro atoms. The van der Waals surface area contributed by atoms with Crippen molar-refractivity contribution in [3.8, 4) is 21.8 Å². The van der Waals surface area contributed by atoms with E-state index < -0.39 is 0 Å². The van der Waals surface area contributed by atoms with Gasteiger partial charge in [-0.15, -0.1) is 11.3 Å². The van der Waals surface area contributed by atoms with Gasteiger partial charge in [0.1, 0.15) is 11.5 Å². The number of halogens is 1. The van der Waals surface area contributed by atoms with E-state index in [1.807, 2.05) is 31.3 Å². The van der Waals surface area contributed by atoms with E-state index in [9.17, 15) is 0 Å². The monoisotopic (exact) mass is 393 g/mol. The van der Waals surface area contributed by atoms with Gasteiger partial charge in [0.2, 0.25) is 0 Å². The molecule has 0 unspecified atom stereocenters. The van der Waals surface area contributed by atoms with Crippen LogP contribution in [0.4, 0.5) is 5.82 Å². The second-order valence-corrected chi connectivity index (χ2v) is 8.38. The molecule has 2 N–H and O–H groups in total. The van der Waals surface area contributed by atoms with Crippen LogP contribution >= 0.6 is 22.9 Å². The lowest BCUT2D eigenvalue weighted by Gasteiger charge is -2.12. The number of pyridine rings is 1. The molecule has 1 aromatic carbocycles. The minimum absolute atomic E-state index is 0.408. The highest BCUT2D eigenvalue weighted by atomic mass is 35.5. The van der Waals surface area contributed by atoms with Crippen molar-refractivity contribution >= 4 is 39.7 Å². The van der Waals surface area contributed by atoms with Crippen molar-refractivity contribution in [3.05, 3.63) is 52.4 Å². The number of hydrogen-bond acceptors (Lipinski definition) is 6. The maximum atomic E-state index is 6.52. The molecule has 1 saturated carbocycles. The zero-order chi connectivity index (χ0) is 18.5. The fourth-order valence-corrected chi connectivity index (χ4v) is 4.29. The van der Waals surface area contributed by atoms with Gasteiger partial charge in [-0.05, 0) is 38.0 Å². The van der Waals surface area contributed by atoms with E-state index in [4.69, 9.17) is 27.3 Å². The normalized spacial score (nSPS) is 14.0. The topological polar surface area (TPSA) is 77.6 Å². The first-order valence-corrected chi connectivity index (χ1v) is 9.94. The summed E-state index contributed by atoms with van der Waals surface area (Å²) in [5.74, 6) is 0.918. The number of benzene rings is 1. The summed E-state index contributed by atoms with van der Waals surface area (Å²) in [4.78, 5) is 19.4. The van der Waals surface area contributed by atoms with E-state index in [0.29, 0.717) is 16.8 Å². The highest BCUT2D eigenvalue weighted by molar-refractivity contribution is 7.15. The molecular weight excluding hydrogens is 378 g/mol. The number of nitrogens with zero attached hydrogens (tertiary/aromatic N) is 4. The molecule has 0 amide bonds. The lowest BCUT2D eigenvalue weighted by Crippen LogP contribution is -2.04. The third-order valence-electron chi connectivity index (χ3n) is 4.70. The average molecular weight is 394 g/mol. The minimum atomic E-state index is 0.408. The molecule has 5 rings (SSSR count). The van der Waals surface area contributed by atoms with Crippen molar-refractivity contribution < 1.29 is 0 Å². The van der Waals surface area contributed by atoms with Crippen LogP contribution in [0.2, 0.25) is 5.02 Å². The smallest absolute Gasteiger partial charge is 0.146 e. The van der Waals surface area contributed by atoms with Gasteiger partial charge < -0.3 is 5.73 Å². The summed E-state index contributed by atoms with van der Waals surface area (Å²) >= 11 is 8.10. The SMILES string of the molecule is Cc1ncc(-c2nc(N)c(C3CC3)nc2-c2cc(Cl)c3ncccc3c2)s1. The van der Waals surface area contributed by atoms with Crippen LogP contribution in [0.15, 0.2) is 36.7 Å². The maximum absolute atomic E-state index is 6.52. The predicted molar refractivity (Wildman–Crippen MR) is 110 cm³/mol. The Kier molecular flexibility index (Phi) is 3.84. The second-order valence-electron chi connectivity index (χ2n) is 6.74. The Morgan fingerprint density at radius 1 is 1.15 bits per heavy atom. The van der Waals surface area contributed by atoms with Crippen LogP contribution in [0.25, 0.3) is 32.7 Å². The first-order chi connectivity index (χ1) is 13.1. The largest absolute Gasteiger partial charge is 0.382 e. The van der Waals surface area contributed by atoms with Gasteiger partial charge in [-0.25, -0.2) is 15.0 Å². The molecule has 1 fully saturated rings. The number of rotatable bonds is 3. The van der Waals surface area contributed by atoms with Crippen LogP contribution in [0.1, 0.15) is 29.5 Å². The number of aryl methyl sites for hydroxylation is 1. The Labute approximate surface area is 165 Å². The molecule has 0 radical (unpaired) electrons. The molecule has 3 aromatic heterocycles. The van der Waals surface area contributed by atoms with Crippen molar-refractivity contribution in [2.75, 3.05) is 5.73 Å². The maximum Gasteiger partial charge on any atom is 0.146 e. The van der Waals surface area contributed by atoms with Crippen molar-refractivity contribution in [1.82, 2.24) is 19.9 Å². The van der Waals surface area contributed by atoms with Crippen LogP contribution < -0.4 is 5.73 Å². The van der Waals surface area contributed by atoms with Gasteiger partial charge in [0.05, 0.1) is 31.8 Å². The van der Waals surface area contributed by atoms with Crippen molar-refractivity contribution in [2.24, 2.45) is 0 Å². The Morgan fingerprint density at radius 3 is 2.74 bits per heavy atom. The van der Waals surface area contributed by atoms with Gasteiger partial charge in [-0.2, -0.15) is 0 Å². The zero-order valence-corrected chi connectivity index (χ0v) is 16.2. The Bertz CT molecular complexity index is 1180. The highest BCUT2D eigenvalue weighted by Crippen LogP contribution is 2.44. The molecule has 5 nitrogen and oxygen atoms in total. The molecule has 7 heteroatoms. The Balaban J connectivity index is 1.78. The summed E-state index contributed by atoms with van der Waals surface area (Å²) in [6.07, 6.45) is 5.79.